The number of carbonyl (C=O) groups is 3. The molecule has 1 aromatic rings. The third kappa shape index (κ3) is 4.91. The summed E-state index contributed by atoms with van der Waals surface area (Å²) in [5, 5.41) is 5.75. The van der Waals surface area contributed by atoms with E-state index < -0.39 is 11.6 Å². The van der Waals surface area contributed by atoms with E-state index >= 15 is 0 Å². The summed E-state index contributed by atoms with van der Waals surface area (Å²) in [4.78, 5) is 41.3. The summed E-state index contributed by atoms with van der Waals surface area (Å²) >= 11 is 0. The van der Waals surface area contributed by atoms with Gasteiger partial charge in [0.25, 0.3) is 5.91 Å². The minimum absolute atomic E-state index is 0.242. The molecule has 4 rings (SSSR count). The number of nitrogens with zero attached hydrogens (tertiary/aromatic N) is 2. The van der Waals surface area contributed by atoms with Crippen molar-refractivity contribution in [1.29, 1.82) is 0 Å². The van der Waals surface area contributed by atoms with Gasteiger partial charge in [-0.2, -0.15) is 0 Å². The van der Waals surface area contributed by atoms with Crippen LogP contribution in [-0.4, -0.2) is 66.0 Å². The zero-order valence-electron chi connectivity index (χ0n) is 18.2. The molecule has 4 amide bonds. The molecule has 8 nitrogen and oxygen atoms in total. The topological polar surface area (TPSA) is 91.0 Å². The molecule has 0 atom stereocenters. The van der Waals surface area contributed by atoms with E-state index in [1.54, 1.807) is 0 Å². The highest BCUT2D eigenvalue weighted by Gasteiger charge is 2.52. The highest BCUT2D eigenvalue weighted by molar-refractivity contribution is 6.09. The first kappa shape index (κ1) is 21.8. The highest BCUT2D eigenvalue weighted by Crippen LogP contribution is 2.36. The van der Waals surface area contributed by atoms with Gasteiger partial charge in [-0.05, 0) is 42.7 Å². The van der Waals surface area contributed by atoms with E-state index in [1.165, 1.54) is 0 Å². The lowest BCUT2D eigenvalue weighted by molar-refractivity contribution is -0.136. The summed E-state index contributed by atoms with van der Waals surface area (Å²) in [5.41, 5.74) is 1.39. The molecule has 0 radical (unpaired) electrons. The van der Waals surface area contributed by atoms with Crippen LogP contribution in [-0.2, 0) is 27.4 Å². The number of rotatable bonds is 6. The van der Waals surface area contributed by atoms with Crippen molar-refractivity contribution < 1.29 is 19.1 Å². The molecule has 1 aliphatic carbocycles. The Balaban J connectivity index is 1.32. The number of amides is 4. The number of hydrogen-bond acceptors (Lipinski definition) is 5. The van der Waals surface area contributed by atoms with E-state index in [0.717, 1.165) is 61.7 Å². The maximum Gasteiger partial charge on any atom is 0.325 e. The number of imide groups is 1. The summed E-state index contributed by atoms with van der Waals surface area (Å²) < 4.78 is 5.41. The Labute approximate surface area is 183 Å². The number of hydrogen-bond donors (Lipinski definition) is 2. The molecule has 2 saturated heterocycles. The average molecular weight is 429 g/mol. The normalized spacial score (nSPS) is 26.9. The fourth-order valence-corrected chi connectivity index (χ4v) is 4.69. The molecule has 8 heteroatoms. The number of morpholine rings is 1. The first-order chi connectivity index (χ1) is 15.0. The van der Waals surface area contributed by atoms with Crippen LogP contribution in [0.3, 0.4) is 0 Å². The summed E-state index contributed by atoms with van der Waals surface area (Å²) in [6, 6.07) is 7.57. The van der Waals surface area contributed by atoms with Crippen LogP contribution in [0.25, 0.3) is 0 Å². The number of benzene rings is 1. The van der Waals surface area contributed by atoms with Crippen LogP contribution in [0.5, 0.6) is 0 Å². The van der Waals surface area contributed by atoms with Crippen molar-refractivity contribution in [1.82, 2.24) is 20.4 Å². The van der Waals surface area contributed by atoms with E-state index in [9.17, 15) is 14.4 Å². The van der Waals surface area contributed by atoms with Gasteiger partial charge in [0.2, 0.25) is 5.91 Å². The van der Waals surface area contributed by atoms with Gasteiger partial charge in [0.1, 0.15) is 12.1 Å². The number of nitrogens with one attached hydrogen (secondary N) is 2. The molecule has 3 fully saturated rings. The average Bonchev–Trinajstić information content (AvgIpc) is 3.00. The van der Waals surface area contributed by atoms with Gasteiger partial charge in [-0.1, -0.05) is 31.2 Å². The third-order valence-corrected chi connectivity index (χ3v) is 6.77. The molecule has 2 heterocycles. The van der Waals surface area contributed by atoms with Gasteiger partial charge in [-0.25, -0.2) is 4.79 Å². The van der Waals surface area contributed by atoms with Crippen molar-refractivity contribution in [3.05, 3.63) is 35.4 Å². The Morgan fingerprint density at radius 2 is 1.84 bits per heavy atom. The zero-order chi connectivity index (χ0) is 21.8. The first-order valence-corrected chi connectivity index (χ1v) is 11.2. The highest BCUT2D eigenvalue weighted by atomic mass is 16.5. The smallest absolute Gasteiger partial charge is 0.325 e. The number of carbonyl (C=O) groups excluding carboxylic acids is 3. The Morgan fingerprint density at radius 3 is 2.55 bits per heavy atom. The van der Waals surface area contributed by atoms with Gasteiger partial charge in [0.05, 0.1) is 13.2 Å². The second kappa shape index (κ2) is 9.36. The molecule has 0 aromatic heterocycles. The van der Waals surface area contributed by atoms with E-state index in [1.807, 2.05) is 18.2 Å². The van der Waals surface area contributed by atoms with Gasteiger partial charge in [-0.3, -0.25) is 19.4 Å². The molecule has 3 aliphatic rings. The van der Waals surface area contributed by atoms with Crippen molar-refractivity contribution in [3.63, 3.8) is 0 Å². The quantitative estimate of drug-likeness (QED) is 0.672. The van der Waals surface area contributed by atoms with Crippen molar-refractivity contribution >= 4 is 17.8 Å². The predicted octanol–water partition coefficient (Wildman–Crippen LogP) is 1.64. The Hall–Kier alpha value is -2.45. The van der Waals surface area contributed by atoms with Gasteiger partial charge in [-0.15, -0.1) is 0 Å². The van der Waals surface area contributed by atoms with E-state index in [4.69, 9.17) is 4.74 Å². The predicted molar refractivity (Wildman–Crippen MR) is 115 cm³/mol. The van der Waals surface area contributed by atoms with Crippen LogP contribution in [0, 0.1) is 5.92 Å². The third-order valence-electron chi connectivity index (χ3n) is 6.77. The molecule has 1 saturated carbocycles. The summed E-state index contributed by atoms with van der Waals surface area (Å²) in [5.74, 6) is -0.0247. The summed E-state index contributed by atoms with van der Waals surface area (Å²) in [6.45, 7) is 6.37. The van der Waals surface area contributed by atoms with Gasteiger partial charge >= 0.3 is 6.03 Å². The Morgan fingerprint density at radius 1 is 1.16 bits per heavy atom. The molecule has 2 N–H and O–H groups in total. The molecule has 0 unspecified atom stereocenters. The van der Waals surface area contributed by atoms with E-state index in [0.29, 0.717) is 25.3 Å². The minimum Gasteiger partial charge on any atom is -0.379 e. The van der Waals surface area contributed by atoms with Crippen molar-refractivity contribution in [3.8, 4) is 0 Å². The molecular weight excluding hydrogens is 396 g/mol. The number of ether oxygens (including phenoxy) is 1. The second-order valence-electron chi connectivity index (χ2n) is 9.02. The van der Waals surface area contributed by atoms with Crippen LogP contribution in [0.4, 0.5) is 4.79 Å². The molecular formula is C23H32N4O4. The van der Waals surface area contributed by atoms with Crippen molar-refractivity contribution in [2.45, 2.75) is 51.2 Å². The van der Waals surface area contributed by atoms with E-state index in [-0.39, 0.29) is 18.4 Å². The first-order valence-electron chi connectivity index (χ1n) is 11.2. The van der Waals surface area contributed by atoms with Crippen LogP contribution < -0.4 is 10.6 Å². The molecule has 1 spiro atoms. The van der Waals surface area contributed by atoms with Gasteiger partial charge in [0, 0.05) is 26.2 Å². The molecule has 0 bridgehead atoms. The number of urea groups is 1. The van der Waals surface area contributed by atoms with Crippen LogP contribution >= 0.6 is 0 Å². The second-order valence-corrected chi connectivity index (χ2v) is 9.02. The fraction of sp³-hybridized carbons (Fsp3) is 0.609. The standard InChI is InChI=1S/C23H32N4O4/c1-17-6-8-23(9-7-17)21(29)27(22(30)25-23)16-20(28)24-14-18-4-2-3-5-19(18)15-26-10-12-31-13-11-26/h2-5,17H,6-16H2,1H3,(H,24,28)(H,25,30). The maximum absolute atomic E-state index is 12.9. The minimum atomic E-state index is -0.811. The van der Waals surface area contributed by atoms with Gasteiger partial charge < -0.3 is 15.4 Å². The van der Waals surface area contributed by atoms with Crippen molar-refractivity contribution in [2.75, 3.05) is 32.8 Å². The van der Waals surface area contributed by atoms with Crippen LogP contribution in [0.1, 0.15) is 43.7 Å². The van der Waals surface area contributed by atoms with Crippen LogP contribution in [0.2, 0.25) is 0 Å². The molecule has 1 aromatic carbocycles. The summed E-state index contributed by atoms with van der Waals surface area (Å²) in [7, 11) is 0. The zero-order valence-corrected chi connectivity index (χ0v) is 18.2. The van der Waals surface area contributed by atoms with Crippen LogP contribution in [0.15, 0.2) is 24.3 Å². The monoisotopic (exact) mass is 428 g/mol. The summed E-state index contributed by atoms with van der Waals surface area (Å²) in [6.07, 6.45) is 3.11. The van der Waals surface area contributed by atoms with Gasteiger partial charge in [0.15, 0.2) is 0 Å². The van der Waals surface area contributed by atoms with Crippen molar-refractivity contribution in [2.24, 2.45) is 5.92 Å². The SMILES string of the molecule is CC1CCC2(CC1)NC(=O)N(CC(=O)NCc1ccccc1CN1CCOCC1)C2=O. The lowest BCUT2D eigenvalue weighted by atomic mass is 9.77. The fourth-order valence-electron chi connectivity index (χ4n) is 4.69. The lowest BCUT2D eigenvalue weighted by Gasteiger charge is -2.33. The maximum atomic E-state index is 12.9. The lowest BCUT2D eigenvalue weighted by Crippen LogP contribution is -2.49. The largest absolute Gasteiger partial charge is 0.379 e. The Kier molecular flexibility index (Phi) is 6.57. The molecule has 2 aliphatic heterocycles. The van der Waals surface area contributed by atoms with E-state index in [2.05, 4.69) is 28.5 Å². The molecule has 168 valence electrons. The molecule has 31 heavy (non-hydrogen) atoms. The Bertz CT molecular complexity index is 829.